The highest BCUT2D eigenvalue weighted by molar-refractivity contribution is 6.30. The van der Waals surface area contributed by atoms with Crippen molar-refractivity contribution in [3.8, 4) is 6.07 Å². The summed E-state index contributed by atoms with van der Waals surface area (Å²) in [6, 6.07) is 9.43. The minimum atomic E-state index is -0.182. The lowest BCUT2D eigenvalue weighted by Crippen LogP contribution is -2.38. The summed E-state index contributed by atoms with van der Waals surface area (Å²) in [6.45, 7) is 4.20. The fourth-order valence-electron chi connectivity index (χ4n) is 2.40. The topological polar surface area (TPSA) is 56.1 Å². The van der Waals surface area contributed by atoms with Crippen molar-refractivity contribution in [1.82, 2.24) is 10.2 Å². The lowest BCUT2D eigenvalue weighted by atomic mass is 9.99. The zero-order chi connectivity index (χ0) is 15.9. The molecule has 0 spiro atoms. The molecule has 1 heterocycles. The number of halogens is 1. The van der Waals surface area contributed by atoms with Crippen molar-refractivity contribution in [1.29, 1.82) is 5.26 Å². The number of amides is 1. The molecule has 22 heavy (non-hydrogen) atoms. The van der Waals surface area contributed by atoms with Gasteiger partial charge in [0.2, 0.25) is 0 Å². The van der Waals surface area contributed by atoms with E-state index in [1.165, 1.54) is 6.20 Å². The van der Waals surface area contributed by atoms with E-state index in [1.54, 1.807) is 4.90 Å². The molecule has 0 unspecified atom stereocenters. The van der Waals surface area contributed by atoms with E-state index in [2.05, 4.69) is 12.2 Å². The Morgan fingerprint density at radius 1 is 1.41 bits per heavy atom. The Balaban J connectivity index is 1.91. The molecule has 5 heteroatoms. The monoisotopic (exact) mass is 317 g/mol. The van der Waals surface area contributed by atoms with Gasteiger partial charge < -0.3 is 10.2 Å². The van der Waals surface area contributed by atoms with E-state index in [0.717, 1.165) is 31.5 Å². The molecule has 2 rings (SSSR count). The lowest BCUT2D eigenvalue weighted by Gasteiger charge is -2.30. The molecule has 4 nitrogen and oxygen atoms in total. The first-order chi connectivity index (χ1) is 10.6. The number of hydrogen-bond acceptors (Lipinski definition) is 3. The molecule has 0 bridgehead atoms. The van der Waals surface area contributed by atoms with Crippen molar-refractivity contribution in [3.05, 3.63) is 46.6 Å². The Hall–Kier alpha value is -1.99. The number of piperidine rings is 1. The van der Waals surface area contributed by atoms with Crippen LogP contribution >= 0.6 is 11.6 Å². The molecule has 1 N–H and O–H groups in total. The van der Waals surface area contributed by atoms with Gasteiger partial charge in [-0.1, -0.05) is 30.7 Å². The molecule has 0 saturated carbocycles. The third-order valence-electron chi connectivity index (χ3n) is 3.89. The summed E-state index contributed by atoms with van der Waals surface area (Å²) in [4.78, 5) is 14.1. The van der Waals surface area contributed by atoms with Crippen LogP contribution in [0.15, 0.2) is 36.0 Å². The molecule has 1 aromatic carbocycles. The number of nitrogens with one attached hydrogen (secondary N) is 1. The molecule has 1 fully saturated rings. The van der Waals surface area contributed by atoms with Crippen molar-refractivity contribution >= 4 is 17.5 Å². The van der Waals surface area contributed by atoms with Crippen LogP contribution in [0.1, 0.15) is 25.3 Å². The summed E-state index contributed by atoms with van der Waals surface area (Å²) in [5, 5.41) is 12.9. The SMILES string of the molecule is CC1CCN(C(=O)/C(C#N)=C\NCc2ccc(Cl)cc2)CC1. The first-order valence-electron chi connectivity index (χ1n) is 7.47. The van der Waals surface area contributed by atoms with Crippen LogP contribution in [-0.4, -0.2) is 23.9 Å². The van der Waals surface area contributed by atoms with Crippen molar-refractivity contribution < 1.29 is 4.79 Å². The van der Waals surface area contributed by atoms with Crippen LogP contribution in [-0.2, 0) is 11.3 Å². The lowest BCUT2D eigenvalue weighted by molar-refractivity contribution is -0.128. The highest BCUT2D eigenvalue weighted by atomic mass is 35.5. The summed E-state index contributed by atoms with van der Waals surface area (Å²) < 4.78 is 0. The Bertz CT molecular complexity index is 581. The summed E-state index contributed by atoms with van der Waals surface area (Å²) in [5.41, 5.74) is 1.20. The molecule has 116 valence electrons. The predicted octanol–water partition coefficient (Wildman–Crippen LogP) is 3.10. The minimum absolute atomic E-state index is 0.156. The quantitative estimate of drug-likeness (QED) is 0.686. The average molecular weight is 318 g/mol. The van der Waals surface area contributed by atoms with Crippen molar-refractivity contribution in [2.75, 3.05) is 13.1 Å². The van der Waals surface area contributed by atoms with Crippen LogP contribution in [0.2, 0.25) is 5.02 Å². The molecule has 1 saturated heterocycles. The van der Waals surface area contributed by atoms with E-state index in [1.807, 2.05) is 30.3 Å². The number of carbonyl (C=O) groups is 1. The van der Waals surface area contributed by atoms with Crippen LogP contribution in [0.5, 0.6) is 0 Å². The van der Waals surface area contributed by atoms with Gasteiger partial charge in [0.05, 0.1) is 0 Å². The molecular weight excluding hydrogens is 298 g/mol. The first-order valence-corrected chi connectivity index (χ1v) is 7.85. The maximum atomic E-state index is 12.3. The van der Waals surface area contributed by atoms with Gasteiger partial charge in [-0.2, -0.15) is 5.26 Å². The number of likely N-dealkylation sites (tertiary alicyclic amines) is 1. The second-order valence-electron chi connectivity index (χ2n) is 5.65. The molecule has 1 amide bonds. The average Bonchev–Trinajstić information content (AvgIpc) is 2.53. The van der Waals surface area contributed by atoms with Gasteiger partial charge in [-0.3, -0.25) is 4.79 Å². The van der Waals surface area contributed by atoms with E-state index in [9.17, 15) is 10.1 Å². The van der Waals surface area contributed by atoms with Crippen LogP contribution < -0.4 is 5.32 Å². The number of carbonyl (C=O) groups excluding carboxylic acids is 1. The largest absolute Gasteiger partial charge is 0.386 e. The number of nitrogens with zero attached hydrogens (tertiary/aromatic N) is 2. The fourth-order valence-corrected chi connectivity index (χ4v) is 2.52. The van der Waals surface area contributed by atoms with Gasteiger partial charge in [0.15, 0.2) is 0 Å². The smallest absolute Gasteiger partial charge is 0.265 e. The molecule has 1 aliphatic heterocycles. The van der Waals surface area contributed by atoms with Gasteiger partial charge in [0.25, 0.3) is 5.91 Å². The predicted molar refractivity (Wildman–Crippen MR) is 87.0 cm³/mol. The maximum Gasteiger partial charge on any atom is 0.265 e. The number of hydrogen-bond donors (Lipinski definition) is 1. The molecule has 1 aliphatic rings. The van der Waals surface area contributed by atoms with Crippen molar-refractivity contribution in [3.63, 3.8) is 0 Å². The third-order valence-corrected chi connectivity index (χ3v) is 4.14. The van der Waals surface area contributed by atoms with Crippen molar-refractivity contribution in [2.45, 2.75) is 26.3 Å². The van der Waals surface area contributed by atoms with Crippen LogP contribution in [0, 0.1) is 17.2 Å². The standard InChI is InChI=1S/C17H20ClN3O/c1-13-6-8-21(9-7-13)17(22)15(10-19)12-20-11-14-2-4-16(18)5-3-14/h2-5,12-13,20H,6-9,11H2,1H3/b15-12-. The maximum absolute atomic E-state index is 12.3. The molecule has 0 atom stereocenters. The highest BCUT2D eigenvalue weighted by Crippen LogP contribution is 2.17. The van der Waals surface area contributed by atoms with Gasteiger partial charge in [0, 0.05) is 30.9 Å². The van der Waals surface area contributed by atoms with Gasteiger partial charge in [-0.15, -0.1) is 0 Å². The van der Waals surface area contributed by atoms with E-state index in [0.29, 0.717) is 17.5 Å². The van der Waals surface area contributed by atoms with E-state index < -0.39 is 0 Å². The Kier molecular flexibility index (Phi) is 5.85. The molecular formula is C17H20ClN3O. The molecule has 0 radical (unpaired) electrons. The second-order valence-corrected chi connectivity index (χ2v) is 6.09. The number of rotatable bonds is 4. The molecule has 0 aliphatic carbocycles. The van der Waals surface area contributed by atoms with Gasteiger partial charge in [-0.05, 0) is 36.5 Å². The molecule has 0 aromatic heterocycles. The highest BCUT2D eigenvalue weighted by Gasteiger charge is 2.22. The summed E-state index contributed by atoms with van der Waals surface area (Å²) in [7, 11) is 0. The fraction of sp³-hybridized carbons (Fsp3) is 0.412. The molecule has 1 aromatic rings. The summed E-state index contributed by atoms with van der Waals surface area (Å²) >= 11 is 5.83. The zero-order valence-electron chi connectivity index (χ0n) is 12.7. The minimum Gasteiger partial charge on any atom is -0.386 e. The van der Waals surface area contributed by atoms with E-state index in [4.69, 9.17) is 11.6 Å². The Morgan fingerprint density at radius 2 is 2.05 bits per heavy atom. The van der Waals surface area contributed by atoms with Gasteiger partial charge >= 0.3 is 0 Å². The van der Waals surface area contributed by atoms with E-state index in [-0.39, 0.29) is 11.5 Å². The number of nitriles is 1. The van der Waals surface area contributed by atoms with Crippen LogP contribution in [0.4, 0.5) is 0 Å². The first kappa shape index (κ1) is 16.4. The third kappa shape index (κ3) is 4.51. The van der Waals surface area contributed by atoms with Crippen LogP contribution in [0.25, 0.3) is 0 Å². The Labute approximate surface area is 136 Å². The summed E-state index contributed by atoms with van der Waals surface area (Å²) in [5.74, 6) is 0.472. The Morgan fingerprint density at radius 3 is 2.64 bits per heavy atom. The van der Waals surface area contributed by atoms with Crippen LogP contribution in [0.3, 0.4) is 0 Å². The normalized spacial score (nSPS) is 16.2. The summed E-state index contributed by atoms with van der Waals surface area (Å²) in [6.07, 6.45) is 3.51. The van der Waals surface area contributed by atoms with Gasteiger partial charge in [0.1, 0.15) is 11.6 Å². The van der Waals surface area contributed by atoms with Gasteiger partial charge in [-0.25, -0.2) is 0 Å². The zero-order valence-corrected chi connectivity index (χ0v) is 13.4. The van der Waals surface area contributed by atoms with E-state index >= 15 is 0 Å². The number of benzene rings is 1. The second kappa shape index (κ2) is 7.86. The van der Waals surface area contributed by atoms with Crippen molar-refractivity contribution in [2.24, 2.45) is 5.92 Å².